The zero-order valence-corrected chi connectivity index (χ0v) is 39.0. The molecule has 1 fully saturated rings. The Labute approximate surface area is 375 Å². The summed E-state index contributed by atoms with van der Waals surface area (Å²) < 4.78 is 54.1. The third-order valence-corrected chi connectivity index (χ3v) is 11.3. The first kappa shape index (κ1) is 57.4. The quantitative estimate of drug-likeness (QED) is 0.0198. The summed E-state index contributed by atoms with van der Waals surface area (Å²) in [5, 5.41) is 30.9. The van der Waals surface area contributed by atoms with E-state index < -0.39 is 71.2 Å². The maximum Gasteiger partial charge on any atom is 0.306 e. The molecule has 0 amide bonds. The number of carbonyl (C=O) groups excluding carboxylic acids is 2. The van der Waals surface area contributed by atoms with Crippen LogP contribution in [0.2, 0.25) is 0 Å². The summed E-state index contributed by atoms with van der Waals surface area (Å²) in [6, 6.07) is 0. The largest absolute Gasteiger partial charge is 0.462 e. The predicted octanol–water partition coefficient (Wildman–Crippen LogP) is 10.1. The van der Waals surface area contributed by atoms with Crippen molar-refractivity contribution >= 4 is 22.1 Å². The van der Waals surface area contributed by atoms with Crippen LogP contribution in [-0.4, -0.2) is 96.0 Å². The van der Waals surface area contributed by atoms with E-state index in [0.717, 1.165) is 96.3 Å². The number of allylic oxidation sites excluding steroid dienone is 10. The van der Waals surface area contributed by atoms with E-state index in [0.29, 0.717) is 12.8 Å². The fourth-order valence-corrected chi connectivity index (χ4v) is 7.59. The lowest BCUT2D eigenvalue weighted by atomic mass is 10.00. The number of hydrogen-bond donors (Lipinski definition) is 4. The fraction of sp³-hybridized carbons (Fsp3) is 0.755. The zero-order valence-electron chi connectivity index (χ0n) is 38.2. The molecular formula is C49H84O12S. The van der Waals surface area contributed by atoms with Gasteiger partial charge < -0.3 is 34.3 Å². The van der Waals surface area contributed by atoms with Gasteiger partial charge in [0.25, 0.3) is 10.1 Å². The van der Waals surface area contributed by atoms with Crippen LogP contribution in [-0.2, 0) is 38.7 Å². The third kappa shape index (κ3) is 32.9. The van der Waals surface area contributed by atoms with Crippen molar-refractivity contribution in [1.82, 2.24) is 0 Å². The minimum Gasteiger partial charge on any atom is -0.462 e. The smallest absolute Gasteiger partial charge is 0.306 e. The second kappa shape index (κ2) is 38.8. The molecule has 4 N–H and O–H groups in total. The summed E-state index contributed by atoms with van der Waals surface area (Å²) in [7, 11) is -4.61. The highest BCUT2D eigenvalue weighted by molar-refractivity contribution is 7.85. The van der Waals surface area contributed by atoms with E-state index >= 15 is 0 Å². The standard InChI is InChI=1S/C49H84O12S/c1-3-5-7-9-11-13-15-17-18-19-20-21-22-23-24-26-28-30-32-34-36-38-45(51)60-42(40-59-49-48(54)47(53)46(52)43(61-49)41-62(55,56)57)39-58-44(50)37-35-33-31-29-27-25-16-14-12-10-8-6-4-2/h5,7,11,13-14,16-18,20-21,42-43,46-49,52-54H,3-4,6,8-10,12,15,19,22-41H2,1-2H3,(H,55,56,57)/b7-5-,13-11-,16-14-,18-17-,21-20-. The number of rotatable bonds is 39. The van der Waals surface area contributed by atoms with Gasteiger partial charge in [-0.15, -0.1) is 0 Å². The zero-order chi connectivity index (χ0) is 45.5. The van der Waals surface area contributed by atoms with Crippen LogP contribution in [0, 0.1) is 0 Å². The summed E-state index contributed by atoms with van der Waals surface area (Å²) in [6.07, 6.45) is 38.3. The van der Waals surface area contributed by atoms with Crippen LogP contribution in [0.1, 0.15) is 181 Å². The summed E-state index contributed by atoms with van der Waals surface area (Å²) >= 11 is 0. The highest BCUT2D eigenvalue weighted by Crippen LogP contribution is 2.24. The van der Waals surface area contributed by atoms with Gasteiger partial charge in [0.1, 0.15) is 36.8 Å². The molecule has 0 aromatic carbocycles. The first-order valence-electron chi connectivity index (χ1n) is 23.8. The topological polar surface area (TPSA) is 186 Å². The Kier molecular flexibility index (Phi) is 35.9. The molecule has 12 nitrogen and oxygen atoms in total. The van der Waals surface area contributed by atoms with Gasteiger partial charge in [-0.25, -0.2) is 0 Å². The molecule has 1 saturated heterocycles. The molecule has 1 aliphatic rings. The van der Waals surface area contributed by atoms with Crippen molar-refractivity contribution < 1.29 is 56.8 Å². The molecule has 62 heavy (non-hydrogen) atoms. The number of aliphatic hydroxyl groups excluding tert-OH is 3. The van der Waals surface area contributed by atoms with Gasteiger partial charge in [-0.3, -0.25) is 14.1 Å². The van der Waals surface area contributed by atoms with Gasteiger partial charge in [0.2, 0.25) is 0 Å². The van der Waals surface area contributed by atoms with Crippen molar-refractivity contribution in [3.05, 3.63) is 60.8 Å². The van der Waals surface area contributed by atoms with Crippen LogP contribution < -0.4 is 0 Å². The monoisotopic (exact) mass is 897 g/mol. The van der Waals surface area contributed by atoms with E-state index in [9.17, 15) is 37.9 Å². The van der Waals surface area contributed by atoms with Gasteiger partial charge in [0.15, 0.2) is 12.4 Å². The van der Waals surface area contributed by atoms with Gasteiger partial charge in [0.05, 0.1) is 6.61 Å². The minimum absolute atomic E-state index is 0.151. The number of unbranched alkanes of at least 4 members (excludes halogenated alkanes) is 17. The molecule has 0 saturated carbocycles. The Morgan fingerprint density at radius 1 is 0.565 bits per heavy atom. The second-order valence-electron chi connectivity index (χ2n) is 16.4. The van der Waals surface area contributed by atoms with Crippen LogP contribution in [0.15, 0.2) is 60.8 Å². The number of ether oxygens (including phenoxy) is 4. The molecule has 0 spiro atoms. The average molecular weight is 897 g/mol. The molecule has 13 heteroatoms. The Morgan fingerprint density at radius 3 is 1.53 bits per heavy atom. The molecule has 1 rings (SSSR count). The van der Waals surface area contributed by atoms with Gasteiger partial charge in [-0.2, -0.15) is 8.42 Å². The van der Waals surface area contributed by atoms with Crippen LogP contribution in [0.4, 0.5) is 0 Å². The molecule has 0 radical (unpaired) electrons. The molecule has 1 heterocycles. The molecular weight excluding hydrogens is 813 g/mol. The van der Waals surface area contributed by atoms with E-state index in [1.807, 2.05) is 0 Å². The molecule has 0 aliphatic carbocycles. The summed E-state index contributed by atoms with van der Waals surface area (Å²) in [5.41, 5.74) is 0. The van der Waals surface area contributed by atoms with Crippen molar-refractivity contribution in [3.63, 3.8) is 0 Å². The first-order chi connectivity index (χ1) is 30.0. The van der Waals surface area contributed by atoms with Gasteiger partial charge in [0, 0.05) is 12.8 Å². The fourth-order valence-electron chi connectivity index (χ4n) is 6.90. The Balaban J connectivity index is 2.41. The normalized spacial score (nSPS) is 20.4. The SMILES string of the molecule is CC/C=C\C/C=C\C/C=C\C/C=C\CCCCCCCCCCC(=O)OC(COC(=O)CCCCCCC/C=C\CCCCCC)COC1OC(CS(=O)(=O)O)C(O)C(O)C1O. The molecule has 0 aromatic rings. The average Bonchev–Trinajstić information content (AvgIpc) is 3.24. The van der Waals surface area contributed by atoms with Crippen LogP contribution >= 0.6 is 0 Å². The molecule has 1 aliphatic heterocycles. The van der Waals surface area contributed by atoms with Gasteiger partial charge in [-0.05, 0) is 77.0 Å². The van der Waals surface area contributed by atoms with E-state index in [4.69, 9.17) is 18.9 Å². The van der Waals surface area contributed by atoms with E-state index in [2.05, 4.69) is 74.6 Å². The van der Waals surface area contributed by atoms with Crippen LogP contribution in [0.3, 0.4) is 0 Å². The number of carbonyl (C=O) groups is 2. The molecule has 6 atom stereocenters. The summed E-state index contributed by atoms with van der Waals surface area (Å²) in [6.45, 7) is 3.62. The Morgan fingerprint density at radius 2 is 1.02 bits per heavy atom. The predicted molar refractivity (Wildman–Crippen MR) is 247 cm³/mol. The lowest BCUT2D eigenvalue weighted by molar-refractivity contribution is -0.297. The molecule has 0 aromatic heterocycles. The Bertz CT molecular complexity index is 1370. The lowest BCUT2D eigenvalue weighted by Gasteiger charge is -2.40. The maximum atomic E-state index is 12.8. The Hall–Kier alpha value is -2.65. The van der Waals surface area contributed by atoms with Crippen molar-refractivity contribution in [2.24, 2.45) is 0 Å². The summed E-state index contributed by atoms with van der Waals surface area (Å²) in [4.78, 5) is 25.4. The highest BCUT2D eigenvalue weighted by atomic mass is 32.2. The maximum absolute atomic E-state index is 12.8. The lowest BCUT2D eigenvalue weighted by Crippen LogP contribution is -2.60. The van der Waals surface area contributed by atoms with E-state index in [1.165, 1.54) is 44.9 Å². The van der Waals surface area contributed by atoms with Gasteiger partial charge in [-0.1, -0.05) is 152 Å². The van der Waals surface area contributed by atoms with Gasteiger partial charge >= 0.3 is 11.9 Å². The minimum atomic E-state index is -4.61. The second-order valence-corrected chi connectivity index (χ2v) is 17.9. The van der Waals surface area contributed by atoms with Crippen molar-refractivity contribution in [2.45, 2.75) is 218 Å². The van der Waals surface area contributed by atoms with Crippen LogP contribution in [0.5, 0.6) is 0 Å². The van der Waals surface area contributed by atoms with Crippen LogP contribution in [0.25, 0.3) is 0 Å². The number of hydrogen-bond acceptors (Lipinski definition) is 11. The number of esters is 2. The van der Waals surface area contributed by atoms with Crippen molar-refractivity contribution in [1.29, 1.82) is 0 Å². The van der Waals surface area contributed by atoms with Crippen molar-refractivity contribution in [3.8, 4) is 0 Å². The third-order valence-electron chi connectivity index (χ3n) is 10.6. The van der Waals surface area contributed by atoms with E-state index in [-0.39, 0.29) is 19.4 Å². The summed E-state index contributed by atoms with van der Waals surface area (Å²) in [5.74, 6) is -2.01. The molecule has 358 valence electrons. The van der Waals surface area contributed by atoms with E-state index in [1.54, 1.807) is 0 Å². The molecule has 6 unspecified atom stereocenters. The first-order valence-corrected chi connectivity index (χ1v) is 25.5. The molecule has 0 bridgehead atoms. The number of aliphatic hydroxyl groups is 3. The highest BCUT2D eigenvalue weighted by Gasteiger charge is 2.46. The van der Waals surface area contributed by atoms with Crippen molar-refractivity contribution in [2.75, 3.05) is 19.0 Å².